The third kappa shape index (κ3) is 4.07. The first kappa shape index (κ1) is 14.1. The largest absolute Gasteiger partial charge is 0.383 e. The average Bonchev–Trinajstić information content (AvgIpc) is 2.29. The molecule has 0 fully saturated rings. The second-order valence-electron chi connectivity index (χ2n) is 4.37. The van der Waals surface area contributed by atoms with E-state index in [-0.39, 0.29) is 17.9 Å². The molecule has 4 heteroatoms. The van der Waals surface area contributed by atoms with E-state index in [4.69, 9.17) is 10.5 Å². The maximum Gasteiger partial charge on any atom is 0.128 e. The van der Waals surface area contributed by atoms with Crippen LogP contribution in [0.3, 0.4) is 0 Å². The van der Waals surface area contributed by atoms with Crippen LogP contribution in [0.2, 0.25) is 0 Å². The fourth-order valence-electron chi connectivity index (χ4n) is 1.73. The molecule has 17 heavy (non-hydrogen) atoms. The zero-order chi connectivity index (χ0) is 12.8. The van der Waals surface area contributed by atoms with Gasteiger partial charge in [-0.25, -0.2) is 4.39 Å². The smallest absolute Gasteiger partial charge is 0.128 e. The van der Waals surface area contributed by atoms with Crippen LogP contribution >= 0.6 is 0 Å². The van der Waals surface area contributed by atoms with Crippen molar-refractivity contribution in [2.75, 3.05) is 27.3 Å². The van der Waals surface area contributed by atoms with Gasteiger partial charge in [-0.15, -0.1) is 0 Å². The summed E-state index contributed by atoms with van der Waals surface area (Å²) in [6.45, 7) is 3.30. The summed E-state index contributed by atoms with van der Waals surface area (Å²) in [6.07, 6.45) is 0. The maximum atomic E-state index is 13.5. The van der Waals surface area contributed by atoms with E-state index in [1.165, 1.54) is 6.07 Å². The first-order chi connectivity index (χ1) is 8.06. The zero-order valence-corrected chi connectivity index (χ0v) is 10.7. The van der Waals surface area contributed by atoms with Crippen LogP contribution in [0.25, 0.3) is 0 Å². The van der Waals surface area contributed by atoms with Gasteiger partial charge >= 0.3 is 0 Å². The number of ether oxygens (including phenoxy) is 1. The summed E-state index contributed by atoms with van der Waals surface area (Å²) in [4.78, 5) is 2.07. The highest BCUT2D eigenvalue weighted by atomic mass is 19.1. The third-order valence-electron chi connectivity index (χ3n) is 2.95. The Morgan fingerprint density at radius 1 is 1.41 bits per heavy atom. The minimum absolute atomic E-state index is 0.243. The summed E-state index contributed by atoms with van der Waals surface area (Å²) in [7, 11) is 3.63. The average molecular weight is 240 g/mol. The Hall–Kier alpha value is -0.970. The highest BCUT2D eigenvalue weighted by Crippen LogP contribution is 2.16. The predicted molar refractivity (Wildman–Crippen MR) is 67.3 cm³/mol. The first-order valence-corrected chi connectivity index (χ1v) is 5.75. The minimum atomic E-state index is -0.319. The monoisotopic (exact) mass is 240 g/mol. The van der Waals surface area contributed by atoms with E-state index in [1.807, 2.05) is 7.05 Å². The molecule has 0 bridgehead atoms. The molecular formula is C13H21FN2O. The van der Waals surface area contributed by atoms with Crippen LogP contribution in [0, 0.1) is 5.82 Å². The van der Waals surface area contributed by atoms with E-state index in [1.54, 1.807) is 25.3 Å². The van der Waals surface area contributed by atoms with Crippen molar-refractivity contribution in [3.8, 4) is 0 Å². The van der Waals surface area contributed by atoms with Gasteiger partial charge in [-0.2, -0.15) is 0 Å². The third-order valence-corrected chi connectivity index (χ3v) is 2.95. The van der Waals surface area contributed by atoms with Crippen molar-refractivity contribution in [2.24, 2.45) is 5.73 Å². The number of rotatable bonds is 6. The molecule has 0 spiro atoms. The van der Waals surface area contributed by atoms with Gasteiger partial charge in [0.25, 0.3) is 0 Å². The fraction of sp³-hybridized carbons (Fsp3) is 0.538. The Balaban J connectivity index is 2.60. The number of methoxy groups -OCH3 is 1. The second-order valence-corrected chi connectivity index (χ2v) is 4.37. The van der Waals surface area contributed by atoms with E-state index < -0.39 is 0 Å². The molecule has 0 amide bonds. The Morgan fingerprint density at radius 2 is 2.06 bits per heavy atom. The molecule has 2 N–H and O–H groups in total. The molecule has 0 aliphatic rings. The van der Waals surface area contributed by atoms with Crippen molar-refractivity contribution < 1.29 is 9.13 Å². The number of likely N-dealkylation sites (N-methyl/N-ethyl adjacent to an activating group) is 1. The van der Waals surface area contributed by atoms with Gasteiger partial charge in [-0.3, -0.25) is 4.90 Å². The molecule has 0 aliphatic carbocycles. The Kier molecular flexibility index (Phi) is 5.55. The molecule has 0 aliphatic heterocycles. The number of benzene rings is 1. The Labute approximate surface area is 102 Å². The molecule has 1 aromatic rings. The molecule has 0 radical (unpaired) electrons. The van der Waals surface area contributed by atoms with Gasteiger partial charge in [0.2, 0.25) is 0 Å². The number of nitrogens with two attached hydrogens (primary N) is 1. The lowest BCUT2D eigenvalue weighted by Gasteiger charge is -2.27. The summed E-state index contributed by atoms with van der Waals surface area (Å²) in [6, 6.07) is 6.58. The van der Waals surface area contributed by atoms with Crippen molar-refractivity contribution in [1.29, 1.82) is 0 Å². The number of nitrogens with zero attached hydrogens (tertiary/aromatic N) is 1. The number of hydrogen-bond acceptors (Lipinski definition) is 3. The molecule has 0 saturated carbocycles. The normalized spacial score (nSPS) is 14.9. The summed E-state index contributed by atoms with van der Waals surface area (Å²) >= 11 is 0. The van der Waals surface area contributed by atoms with Gasteiger partial charge in [0.1, 0.15) is 5.82 Å². The lowest BCUT2D eigenvalue weighted by atomic mass is 10.1. The van der Waals surface area contributed by atoms with Crippen LogP contribution in [0.5, 0.6) is 0 Å². The SMILES string of the molecule is COCC(C)N(C)CC(N)c1ccccc1F. The minimum Gasteiger partial charge on any atom is -0.383 e. The molecule has 3 nitrogen and oxygen atoms in total. The Morgan fingerprint density at radius 3 is 2.65 bits per heavy atom. The van der Waals surface area contributed by atoms with E-state index in [0.29, 0.717) is 18.7 Å². The highest BCUT2D eigenvalue weighted by molar-refractivity contribution is 5.21. The number of hydrogen-bond donors (Lipinski definition) is 1. The van der Waals surface area contributed by atoms with Gasteiger partial charge in [0.15, 0.2) is 0 Å². The van der Waals surface area contributed by atoms with Crippen LogP contribution in [0.1, 0.15) is 18.5 Å². The van der Waals surface area contributed by atoms with Crippen molar-refractivity contribution in [3.63, 3.8) is 0 Å². The highest BCUT2D eigenvalue weighted by Gasteiger charge is 2.16. The molecular weight excluding hydrogens is 219 g/mol. The van der Waals surface area contributed by atoms with Crippen LogP contribution in [-0.4, -0.2) is 38.3 Å². The molecule has 1 aromatic carbocycles. The first-order valence-electron chi connectivity index (χ1n) is 5.75. The molecule has 96 valence electrons. The van der Waals surface area contributed by atoms with Gasteiger partial charge < -0.3 is 10.5 Å². The topological polar surface area (TPSA) is 38.5 Å². The van der Waals surface area contributed by atoms with Gasteiger partial charge in [0, 0.05) is 31.3 Å². The lowest BCUT2D eigenvalue weighted by Crippen LogP contribution is -2.38. The molecule has 0 saturated heterocycles. The summed E-state index contributed by atoms with van der Waals surface area (Å²) in [5.74, 6) is -0.243. The van der Waals surface area contributed by atoms with Gasteiger partial charge in [0.05, 0.1) is 6.61 Å². The molecule has 0 heterocycles. The number of halogens is 1. The molecule has 1 rings (SSSR count). The summed E-state index contributed by atoms with van der Waals surface area (Å²) in [5.41, 5.74) is 6.57. The van der Waals surface area contributed by atoms with Crippen molar-refractivity contribution in [1.82, 2.24) is 4.90 Å². The fourth-order valence-corrected chi connectivity index (χ4v) is 1.73. The standard InChI is InChI=1S/C13H21FN2O/c1-10(9-17-3)16(2)8-13(15)11-6-4-5-7-12(11)14/h4-7,10,13H,8-9,15H2,1-3H3. The van der Waals surface area contributed by atoms with E-state index in [2.05, 4.69) is 11.8 Å². The van der Waals surface area contributed by atoms with Crippen molar-refractivity contribution >= 4 is 0 Å². The summed E-state index contributed by atoms with van der Waals surface area (Å²) < 4.78 is 18.6. The van der Waals surface area contributed by atoms with Gasteiger partial charge in [-0.1, -0.05) is 18.2 Å². The Bertz CT molecular complexity index is 346. The van der Waals surface area contributed by atoms with Crippen LogP contribution in [0.15, 0.2) is 24.3 Å². The molecule has 2 unspecified atom stereocenters. The van der Waals surface area contributed by atoms with Crippen molar-refractivity contribution in [3.05, 3.63) is 35.6 Å². The zero-order valence-electron chi connectivity index (χ0n) is 10.7. The van der Waals surface area contributed by atoms with E-state index in [0.717, 1.165) is 0 Å². The maximum absolute atomic E-state index is 13.5. The van der Waals surface area contributed by atoms with Crippen LogP contribution in [0.4, 0.5) is 4.39 Å². The van der Waals surface area contributed by atoms with Crippen LogP contribution in [-0.2, 0) is 4.74 Å². The summed E-state index contributed by atoms with van der Waals surface area (Å²) in [5, 5.41) is 0. The van der Waals surface area contributed by atoms with Crippen LogP contribution < -0.4 is 5.73 Å². The van der Waals surface area contributed by atoms with Crippen molar-refractivity contribution in [2.45, 2.75) is 19.0 Å². The predicted octanol–water partition coefficient (Wildman–Crippen LogP) is 1.79. The van der Waals surface area contributed by atoms with Gasteiger partial charge in [-0.05, 0) is 20.0 Å². The van der Waals surface area contributed by atoms with E-state index >= 15 is 0 Å². The lowest BCUT2D eigenvalue weighted by molar-refractivity contribution is 0.112. The second kappa shape index (κ2) is 6.69. The molecule has 0 aromatic heterocycles. The quantitative estimate of drug-likeness (QED) is 0.824. The molecule has 2 atom stereocenters. The van der Waals surface area contributed by atoms with E-state index in [9.17, 15) is 4.39 Å².